The summed E-state index contributed by atoms with van der Waals surface area (Å²) in [6.45, 7) is 1.72. The minimum Gasteiger partial charge on any atom is -0.465 e. The van der Waals surface area contributed by atoms with Gasteiger partial charge in [-0.3, -0.25) is 0 Å². The van der Waals surface area contributed by atoms with E-state index in [1.54, 1.807) is 6.92 Å². The Morgan fingerprint density at radius 2 is 2.20 bits per heavy atom. The van der Waals surface area contributed by atoms with Gasteiger partial charge in [0.25, 0.3) is 9.05 Å². The van der Waals surface area contributed by atoms with Gasteiger partial charge in [-0.05, 0) is 6.42 Å². The van der Waals surface area contributed by atoms with Crippen LogP contribution in [0.1, 0.15) is 22.8 Å². The van der Waals surface area contributed by atoms with Crippen LogP contribution >= 0.6 is 10.7 Å². The van der Waals surface area contributed by atoms with Gasteiger partial charge in [-0.15, -0.1) is 0 Å². The van der Waals surface area contributed by atoms with Crippen LogP contribution < -0.4 is 0 Å². The van der Waals surface area contributed by atoms with Crippen molar-refractivity contribution in [3.05, 3.63) is 17.3 Å². The quantitative estimate of drug-likeness (QED) is 0.649. The van der Waals surface area contributed by atoms with Crippen LogP contribution in [0.25, 0.3) is 0 Å². The Hall–Kier alpha value is -1.01. The maximum absolute atomic E-state index is 11.3. The first-order valence-corrected chi connectivity index (χ1v) is 6.46. The smallest absolute Gasteiger partial charge is 0.339 e. The molecule has 0 atom stereocenters. The highest BCUT2D eigenvalue weighted by molar-refractivity contribution is 8.13. The van der Waals surface area contributed by atoms with Crippen LogP contribution in [0.2, 0.25) is 0 Å². The first kappa shape index (κ1) is 12.1. The van der Waals surface area contributed by atoms with Crippen molar-refractivity contribution in [1.82, 2.24) is 4.98 Å². The first-order chi connectivity index (χ1) is 6.91. The highest BCUT2D eigenvalue weighted by atomic mass is 35.7. The molecular formula is C8H10ClNO4S. The third-order valence-electron chi connectivity index (χ3n) is 1.95. The number of nitrogens with one attached hydrogen (secondary N) is 1. The van der Waals surface area contributed by atoms with Gasteiger partial charge in [-0.25, -0.2) is 13.2 Å². The van der Waals surface area contributed by atoms with E-state index in [9.17, 15) is 13.2 Å². The minimum absolute atomic E-state index is 0.146. The lowest BCUT2D eigenvalue weighted by atomic mass is 10.1. The van der Waals surface area contributed by atoms with E-state index in [-0.39, 0.29) is 10.6 Å². The summed E-state index contributed by atoms with van der Waals surface area (Å²) < 4.78 is 26.7. The van der Waals surface area contributed by atoms with Gasteiger partial charge in [-0.1, -0.05) is 6.92 Å². The van der Waals surface area contributed by atoms with Crippen molar-refractivity contribution in [2.75, 3.05) is 7.11 Å². The van der Waals surface area contributed by atoms with Crippen molar-refractivity contribution >= 4 is 25.7 Å². The summed E-state index contributed by atoms with van der Waals surface area (Å²) in [5, 5.41) is -0.146. The van der Waals surface area contributed by atoms with Crippen LogP contribution in [0.15, 0.2) is 11.2 Å². The van der Waals surface area contributed by atoms with Crippen molar-refractivity contribution in [3.63, 3.8) is 0 Å². The lowest BCUT2D eigenvalue weighted by Crippen LogP contribution is -2.04. The number of aromatic nitrogens is 1. The highest BCUT2D eigenvalue weighted by Crippen LogP contribution is 2.23. The number of ether oxygens (including phenoxy) is 1. The largest absolute Gasteiger partial charge is 0.465 e. The van der Waals surface area contributed by atoms with Gasteiger partial charge in [0, 0.05) is 22.4 Å². The van der Waals surface area contributed by atoms with E-state index in [0.29, 0.717) is 12.0 Å². The van der Waals surface area contributed by atoms with Crippen molar-refractivity contribution in [3.8, 4) is 0 Å². The second-order valence-electron chi connectivity index (χ2n) is 2.79. The Labute approximate surface area is 91.8 Å². The van der Waals surface area contributed by atoms with Crippen molar-refractivity contribution in [1.29, 1.82) is 0 Å². The summed E-state index contributed by atoms with van der Waals surface area (Å²) in [5.74, 6) is -0.588. The van der Waals surface area contributed by atoms with Gasteiger partial charge >= 0.3 is 5.97 Å². The second kappa shape index (κ2) is 4.24. The molecular weight excluding hydrogens is 242 g/mol. The molecule has 0 radical (unpaired) electrons. The molecule has 0 bridgehead atoms. The van der Waals surface area contributed by atoms with Gasteiger partial charge in [0.1, 0.15) is 0 Å². The molecule has 84 valence electrons. The predicted octanol–water partition coefficient (Wildman–Crippen LogP) is 1.29. The molecule has 0 aliphatic carbocycles. The van der Waals surface area contributed by atoms with Crippen LogP contribution in [-0.4, -0.2) is 26.5 Å². The van der Waals surface area contributed by atoms with Crippen LogP contribution in [0, 0.1) is 0 Å². The number of esters is 1. The Balaban J connectivity index is 3.36. The highest BCUT2D eigenvalue weighted by Gasteiger charge is 2.23. The molecule has 1 aromatic heterocycles. The third kappa shape index (κ3) is 2.32. The van der Waals surface area contributed by atoms with E-state index in [1.807, 2.05) is 0 Å². The summed E-state index contributed by atoms with van der Waals surface area (Å²) >= 11 is 0. The van der Waals surface area contributed by atoms with Crippen molar-refractivity contribution < 1.29 is 17.9 Å². The summed E-state index contributed by atoms with van der Waals surface area (Å²) in [6, 6.07) is 0. The van der Waals surface area contributed by atoms with Crippen LogP contribution in [0.4, 0.5) is 0 Å². The summed E-state index contributed by atoms with van der Waals surface area (Å²) in [6.07, 6.45) is 1.65. The van der Waals surface area contributed by atoms with Crippen molar-refractivity contribution in [2.24, 2.45) is 0 Å². The standard InChI is InChI=1S/C8H10ClNO4S/c1-3-5-6(8(11)14-2)4-10-7(5)15(9,12)13/h4,10H,3H2,1-2H3. The SMILES string of the molecule is CCc1c(C(=O)OC)c[nH]c1S(=O)(=O)Cl. The summed E-state index contributed by atoms with van der Waals surface area (Å²) in [7, 11) is 2.56. The van der Waals surface area contributed by atoms with Crippen LogP contribution in [0.3, 0.4) is 0 Å². The monoisotopic (exact) mass is 251 g/mol. The molecule has 0 aromatic carbocycles. The number of hydrogen-bond acceptors (Lipinski definition) is 4. The molecule has 1 heterocycles. The zero-order chi connectivity index (χ0) is 11.6. The van der Waals surface area contributed by atoms with Crippen LogP contribution in [0.5, 0.6) is 0 Å². The van der Waals surface area contributed by atoms with E-state index in [4.69, 9.17) is 10.7 Å². The Kier molecular flexibility index (Phi) is 3.41. The Morgan fingerprint density at radius 3 is 2.60 bits per heavy atom. The van der Waals surface area contributed by atoms with Gasteiger partial charge in [0.05, 0.1) is 12.7 Å². The average molecular weight is 252 g/mol. The van der Waals surface area contributed by atoms with Crippen LogP contribution in [-0.2, 0) is 20.2 Å². The minimum atomic E-state index is -3.86. The molecule has 7 heteroatoms. The van der Waals surface area contributed by atoms with Gasteiger partial charge in [-0.2, -0.15) is 0 Å². The molecule has 0 aliphatic rings. The lowest BCUT2D eigenvalue weighted by molar-refractivity contribution is 0.0599. The third-order valence-corrected chi connectivity index (χ3v) is 3.26. The number of carbonyl (C=O) groups excluding carboxylic acids is 1. The molecule has 0 amide bonds. The maximum Gasteiger partial charge on any atom is 0.339 e. The lowest BCUT2D eigenvalue weighted by Gasteiger charge is -2.00. The van der Waals surface area contributed by atoms with E-state index < -0.39 is 15.0 Å². The number of aromatic amines is 1. The summed E-state index contributed by atoms with van der Waals surface area (Å²) in [4.78, 5) is 13.7. The topological polar surface area (TPSA) is 76.2 Å². The molecule has 0 aliphatic heterocycles. The number of H-pyrrole nitrogens is 1. The molecule has 0 saturated heterocycles. The van der Waals surface area contributed by atoms with Gasteiger partial charge in [0.15, 0.2) is 5.03 Å². The van der Waals surface area contributed by atoms with E-state index >= 15 is 0 Å². The maximum atomic E-state index is 11.3. The average Bonchev–Trinajstić information content (AvgIpc) is 2.59. The van der Waals surface area contributed by atoms with Gasteiger partial charge < -0.3 is 9.72 Å². The normalized spacial score (nSPS) is 11.4. The fraction of sp³-hybridized carbons (Fsp3) is 0.375. The molecule has 1 N–H and O–H groups in total. The second-order valence-corrected chi connectivity index (χ2v) is 5.30. The molecule has 5 nitrogen and oxygen atoms in total. The molecule has 1 rings (SSSR count). The molecule has 1 aromatic rings. The predicted molar refractivity (Wildman–Crippen MR) is 54.5 cm³/mol. The molecule has 0 unspecified atom stereocenters. The molecule has 0 fully saturated rings. The number of rotatable bonds is 3. The van der Waals surface area contributed by atoms with E-state index in [2.05, 4.69) is 9.72 Å². The zero-order valence-corrected chi connectivity index (χ0v) is 9.78. The Bertz CT molecular complexity index is 477. The van der Waals surface area contributed by atoms with E-state index in [1.165, 1.54) is 13.3 Å². The van der Waals surface area contributed by atoms with Crippen molar-refractivity contribution in [2.45, 2.75) is 18.4 Å². The number of carbonyl (C=O) groups is 1. The zero-order valence-electron chi connectivity index (χ0n) is 8.20. The molecule has 0 spiro atoms. The fourth-order valence-corrected chi connectivity index (χ4v) is 2.46. The molecule has 15 heavy (non-hydrogen) atoms. The first-order valence-electron chi connectivity index (χ1n) is 4.15. The number of halogens is 1. The Morgan fingerprint density at radius 1 is 1.60 bits per heavy atom. The summed E-state index contributed by atoms with van der Waals surface area (Å²) in [5.41, 5.74) is 0.538. The fourth-order valence-electron chi connectivity index (χ4n) is 1.29. The number of methoxy groups -OCH3 is 1. The molecule has 0 saturated carbocycles. The van der Waals surface area contributed by atoms with Gasteiger partial charge in [0.2, 0.25) is 0 Å². The number of hydrogen-bond donors (Lipinski definition) is 1. The van der Waals surface area contributed by atoms with E-state index in [0.717, 1.165) is 0 Å².